The highest BCUT2D eigenvalue weighted by atomic mass is 15.0. The fraction of sp³-hybridized carbons (Fsp3) is 0.222. The smallest absolute Gasteiger partial charge is 0.107 e. The number of rotatable bonds is 3. The first-order valence-corrected chi connectivity index (χ1v) is 11.0. The van der Waals surface area contributed by atoms with Gasteiger partial charge in [-0.25, -0.2) is 0 Å². The quantitative estimate of drug-likeness (QED) is 0.387. The van der Waals surface area contributed by atoms with E-state index < -0.39 is 0 Å². The lowest BCUT2D eigenvalue weighted by Crippen LogP contribution is -2.44. The van der Waals surface area contributed by atoms with E-state index in [1.165, 1.54) is 53.4 Å². The van der Waals surface area contributed by atoms with Crippen LogP contribution in [0.2, 0.25) is 0 Å². The van der Waals surface area contributed by atoms with Crippen LogP contribution in [0.4, 0.5) is 0 Å². The van der Waals surface area contributed by atoms with Gasteiger partial charge >= 0.3 is 0 Å². The highest BCUT2D eigenvalue weighted by molar-refractivity contribution is 5.82. The first-order valence-electron chi connectivity index (χ1n) is 11.0. The van der Waals surface area contributed by atoms with Crippen LogP contribution >= 0.6 is 0 Å². The standard InChI is InChI=1S/C27H22N4/c1-2-7-24-19(4-1)8-13-31(24)21-6-3-5-20(14-21)26-9-10-27(17-26,18-26)22-15-28-16-23-25(22)30-12-11-29-23/h1-8,11-16H,9-10,17-18H2. The van der Waals surface area contributed by atoms with Crippen molar-refractivity contribution in [3.05, 3.63) is 96.7 Å². The summed E-state index contributed by atoms with van der Waals surface area (Å²) in [7, 11) is 0. The lowest BCUT2D eigenvalue weighted by molar-refractivity contribution is 0.195. The second kappa shape index (κ2) is 6.01. The Labute approximate surface area is 180 Å². The molecule has 0 atom stereocenters. The average molecular weight is 403 g/mol. The second-order valence-electron chi connectivity index (χ2n) is 9.32. The van der Waals surface area contributed by atoms with Crippen LogP contribution in [0.15, 0.2) is 85.6 Å². The Morgan fingerprint density at radius 1 is 0.806 bits per heavy atom. The topological polar surface area (TPSA) is 43.6 Å². The first-order chi connectivity index (χ1) is 15.3. The molecule has 0 unspecified atom stereocenters. The van der Waals surface area contributed by atoms with Crippen molar-refractivity contribution in [2.24, 2.45) is 0 Å². The lowest BCUT2D eigenvalue weighted by Gasteiger charge is -2.48. The number of hydrogen-bond acceptors (Lipinski definition) is 3. The predicted octanol–water partition coefficient (Wildman–Crippen LogP) is 5.73. The SMILES string of the molecule is c1cc(-n2ccc3ccccc32)cc(C23CCC(c4cncc5nccnc45)(C2)C3)c1. The molecule has 4 nitrogen and oxygen atoms in total. The van der Waals surface area contributed by atoms with Gasteiger partial charge in [0.1, 0.15) is 5.52 Å². The van der Waals surface area contributed by atoms with Crippen LogP contribution in [0.1, 0.15) is 36.8 Å². The lowest BCUT2D eigenvalue weighted by atomic mass is 9.55. The molecule has 3 aromatic heterocycles. The third-order valence-corrected chi connectivity index (χ3v) is 7.73. The fourth-order valence-electron chi connectivity index (χ4n) is 6.33. The summed E-state index contributed by atoms with van der Waals surface area (Å²) in [6.45, 7) is 0. The Morgan fingerprint density at radius 2 is 1.68 bits per heavy atom. The van der Waals surface area contributed by atoms with Gasteiger partial charge in [0.15, 0.2) is 0 Å². The van der Waals surface area contributed by atoms with E-state index in [2.05, 4.69) is 80.3 Å². The molecule has 2 aromatic carbocycles. The van der Waals surface area contributed by atoms with Crippen LogP contribution in [-0.2, 0) is 10.8 Å². The van der Waals surface area contributed by atoms with Gasteiger partial charge in [-0.05, 0) is 66.3 Å². The molecule has 0 aliphatic heterocycles. The molecule has 3 heterocycles. The number of benzene rings is 2. The molecule has 2 bridgehead atoms. The highest BCUT2D eigenvalue weighted by Crippen LogP contribution is 2.68. The minimum Gasteiger partial charge on any atom is -0.317 e. The van der Waals surface area contributed by atoms with E-state index in [-0.39, 0.29) is 10.8 Å². The Hall–Kier alpha value is -3.53. The molecule has 150 valence electrons. The summed E-state index contributed by atoms with van der Waals surface area (Å²) in [5.41, 5.74) is 7.65. The van der Waals surface area contributed by atoms with Crippen LogP contribution in [0, 0.1) is 0 Å². The minimum absolute atomic E-state index is 0.193. The maximum Gasteiger partial charge on any atom is 0.107 e. The minimum atomic E-state index is 0.193. The van der Waals surface area contributed by atoms with E-state index >= 15 is 0 Å². The zero-order valence-corrected chi connectivity index (χ0v) is 17.2. The molecular formula is C27H22N4. The van der Waals surface area contributed by atoms with Crippen molar-refractivity contribution in [2.75, 3.05) is 0 Å². The van der Waals surface area contributed by atoms with Crippen molar-refractivity contribution in [1.29, 1.82) is 0 Å². The van der Waals surface area contributed by atoms with Crippen molar-refractivity contribution in [2.45, 2.75) is 36.5 Å². The summed E-state index contributed by atoms with van der Waals surface area (Å²) >= 11 is 0. The van der Waals surface area contributed by atoms with Gasteiger partial charge < -0.3 is 4.57 Å². The molecule has 8 rings (SSSR count). The molecule has 0 amide bonds. The van der Waals surface area contributed by atoms with Gasteiger partial charge in [0.05, 0.1) is 17.2 Å². The zero-order valence-electron chi connectivity index (χ0n) is 17.2. The van der Waals surface area contributed by atoms with Crippen molar-refractivity contribution >= 4 is 21.9 Å². The molecule has 3 aliphatic carbocycles. The summed E-state index contributed by atoms with van der Waals surface area (Å²) in [6.07, 6.45) is 14.4. The Bertz CT molecular complexity index is 1450. The van der Waals surface area contributed by atoms with E-state index in [1.54, 1.807) is 12.4 Å². The number of aromatic nitrogens is 4. The van der Waals surface area contributed by atoms with Crippen molar-refractivity contribution < 1.29 is 0 Å². The molecule has 31 heavy (non-hydrogen) atoms. The van der Waals surface area contributed by atoms with Crippen molar-refractivity contribution in [1.82, 2.24) is 19.5 Å². The molecule has 3 fully saturated rings. The number of hydrogen-bond donors (Lipinski definition) is 0. The maximum absolute atomic E-state index is 4.66. The van der Waals surface area contributed by atoms with Crippen LogP contribution in [0.3, 0.4) is 0 Å². The molecule has 5 aromatic rings. The number of para-hydroxylation sites is 1. The highest BCUT2D eigenvalue weighted by Gasteiger charge is 2.62. The number of pyridine rings is 1. The van der Waals surface area contributed by atoms with Crippen LogP contribution in [-0.4, -0.2) is 19.5 Å². The molecule has 3 saturated carbocycles. The molecule has 0 radical (unpaired) electrons. The van der Waals surface area contributed by atoms with Crippen molar-refractivity contribution in [3.8, 4) is 5.69 Å². The average Bonchev–Trinajstić information content (AvgIpc) is 3.51. The molecule has 4 heteroatoms. The maximum atomic E-state index is 4.66. The molecular weight excluding hydrogens is 380 g/mol. The van der Waals surface area contributed by atoms with Gasteiger partial charge in [-0.1, -0.05) is 30.3 Å². The van der Waals surface area contributed by atoms with E-state index in [4.69, 9.17) is 0 Å². The Kier molecular flexibility index (Phi) is 3.33. The van der Waals surface area contributed by atoms with Gasteiger partial charge in [-0.15, -0.1) is 0 Å². The summed E-state index contributed by atoms with van der Waals surface area (Å²) in [5, 5.41) is 1.28. The predicted molar refractivity (Wildman–Crippen MR) is 122 cm³/mol. The van der Waals surface area contributed by atoms with Gasteiger partial charge in [-0.3, -0.25) is 15.0 Å². The molecule has 3 aliphatic rings. The van der Waals surface area contributed by atoms with E-state index in [0.29, 0.717) is 0 Å². The van der Waals surface area contributed by atoms with Crippen molar-refractivity contribution in [3.63, 3.8) is 0 Å². The third kappa shape index (κ3) is 2.33. The van der Waals surface area contributed by atoms with E-state index in [0.717, 1.165) is 11.0 Å². The van der Waals surface area contributed by atoms with Crippen LogP contribution in [0.25, 0.3) is 27.6 Å². The summed E-state index contributed by atoms with van der Waals surface area (Å²) in [6, 6.07) is 19.9. The normalized spacial score (nSPS) is 24.5. The van der Waals surface area contributed by atoms with Gasteiger partial charge in [0.2, 0.25) is 0 Å². The van der Waals surface area contributed by atoms with Gasteiger partial charge in [0.25, 0.3) is 0 Å². The van der Waals surface area contributed by atoms with Gasteiger partial charge in [-0.2, -0.15) is 0 Å². The Morgan fingerprint density at radius 3 is 2.65 bits per heavy atom. The third-order valence-electron chi connectivity index (χ3n) is 7.73. The number of fused-ring (bicyclic) bond motifs is 3. The largest absolute Gasteiger partial charge is 0.317 e. The van der Waals surface area contributed by atoms with E-state index in [9.17, 15) is 0 Å². The monoisotopic (exact) mass is 402 g/mol. The fourth-order valence-corrected chi connectivity index (χ4v) is 6.33. The second-order valence-corrected chi connectivity index (χ2v) is 9.32. The van der Waals surface area contributed by atoms with Crippen LogP contribution in [0.5, 0.6) is 0 Å². The van der Waals surface area contributed by atoms with Crippen LogP contribution < -0.4 is 0 Å². The molecule has 0 saturated heterocycles. The van der Waals surface area contributed by atoms with Gasteiger partial charge in [0, 0.05) is 41.5 Å². The van der Waals surface area contributed by atoms with E-state index in [1.807, 2.05) is 12.4 Å². The summed E-state index contributed by atoms with van der Waals surface area (Å²) in [4.78, 5) is 13.6. The molecule has 0 N–H and O–H groups in total. The molecule has 0 spiro atoms. The Balaban J connectivity index is 1.27. The summed E-state index contributed by atoms with van der Waals surface area (Å²) in [5.74, 6) is 0. The summed E-state index contributed by atoms with van der Waals surface area (Å²) < 4.78 is 2.31. The number of nitrogens with zero attached hydrogens (tertiary/aromatic N) is 4. The first kappa shape index (κ1) is 17.2. The zero-order chi connectivity index (χ0) is 20.5.